The number of urea groups is 1. The molecule has 220 valence electrons. The molecule has 0 spiro atoms. The molecule has 3 amide bonds. The molecule has 10 nitrogen and oxygen atoms in total. The van der Waals surface area contributed by atoms with Crippen molar-refractivity contribution < 1.29 is 23.1 Å². The highest BCUT2D eigenvalue weighted by Gasteiger charge is 2.22. The second-order valence-corrected chi connectivity index (χ2v) is 11.6. The van der Waals surface area contributed by atoms with Gasteiger partial charge in [0.1, 0.15) is 33.1 Å². The zero-order chi connectivity index (χ0) is 29.8. The first-order valence-corrected chi connectivity index (χ1v) is 14.8. The Kier molecular flexibility index (Phi) is 8.94. The number of hydrogen-bond donors (Lipinski definition) is 4. The van der Waals surface area contributed by atoms with Gasteiger partial charge in [0.25, 0.3) is 5.91 Å². The van der Waals surface area contributed by atoms with E-state index in [0.717, 1.165) is 30.7 Å². The van der Waals surface area contributed by atoms with E-state index in [4.69, 9.17) is 10.5 Å². The van der Waals surface area contributed by atoms with Crippen molar-refractivity contribution in [2.45, 2.75) is 25.3 Å². The molecular weight excluding hydrogens is 584 g/mol. The van der Waals surface area contributed by atoms with Crippen LogP contribution in [0.1, 0.15) is 29.6 Å². The fourth-order valence-corrected chi connectivity index (χ4v) is 6.48. The van der Waals surface area contributed by atoms with Crippen LogP contribution < -0.4 is 26.4 Å². The molecule has 2 aromatic carbocycles. The van der Waals surface area contributed by atoms with Gasteiger partial charge in [0.05, 0.1) is 18.5 Å². The number of anilines is 3. The van der Waals surface area contributed by atoms with Gasteiger partial charge in [-0.25, -0.2) is 23.5 Å². The minimum atomic E-state index is -0.932. The number of ether oxygens (including phenoxy) is 1. The van der Waals surface area contributed by atoms with Gasteiger partial charge in [0, 0.05) is 35.2 Å². The van der Waals surface area contributed by atoms with Crippen molar-refractivity contribution >= 4 is 51.2 Å². The van der Waals surface area contributed by atoms with Gasteiger partial charge in [-0.15, -0.1) is 11.3 Å². The molecule has 4 aromatic rings. The largest absolute Gasteiger partial charge is 0.497 e. The Morgan fingerprint density at radius 1 is 1.17 bits per heavy atom. The van der Waals surface area contributed by atoms with Crippen LogP contribution in [0.4, 0.5) is 30.2 Å². The molecule has 2 aromatic heterocycles. The summed E-state index contributed by atoms with van der Waals surface area (Å²) in [6.07, 6.45) is 3.16. The SMILES string of the molecule is COc1cccc(C(=O)Nc2cc(-c3csc(-c4sc(NC(=O)NCCC5CCCN5C)nc4N)n3)c(F)cc2F)c1. The Morgan fingerprint density at radius 2 is 2.00 bits per heavy atom. The molecule has 5 rings (SSSR count). The van der Waals surface area contributed by atoms with Gasteiger partial charge in [-0.2, -0.15) is 0 Å². The number of nitrogens with two attached hydrogens (primary N) is 1. The molecule has 1 saturated heterocycles. The Bertz CT molecular complexity index is 1610. The predicted octanol–water partition coefficient (Wildman–Crippen LogP) is 5.66. The molecule has 1 fully saturated rings. The van der Waals surface area contributed by atoms with E-state index in [1.165, 1.54) is 37.0 Å². The summed E-state index contributed by atoms with van der Waals surface area (Å²) in [6.45, 7) is 1.61. The number of benzene rings is 2. The summed E-state index contributed by atoms with van der Waals surface area (Å²) >= 11 is 2.33. The molecule has 5 N–H and O–H groups in total. The number of likely N-dealkylation sites (tertiary alicyclic amines) is 1. The number of hydrogen-bond acceptors (Lipinski definition) is 9. The van der Waals surface area contributed by atoms with Gasteiger partial charge in [-0.1, -0.05) is 17.4 Å². The van der Waals surface area contributed by atoms with Crippen LogP contribution in [0.3, 0.4) is 0 Å². The quantitative estimate of drug-likeness (QED) is 0.191. The first kappa shape index (κ1) is 29.4. The number of carbonyl (C=O) groups excluding carboxylic acids is 2. The van der Waals surface area contributed by atoms with Crippen LogP contribution in [0.2, 0.25) is 0 Å². The Morgan fingerprint density at radius 3 is 2.76 bits per heavy atom. The lowest BCUT2D eigenvalue weighted by Gasteiger charge is -2.19. The molecule has 0 saturated carbocycles. The molecule has 0 radical (unpaired) electrons. The van der Waals surface area contributed by atoms with E-state index in [2.05, 4.69) is 37.9 Å². The van der Waals surface area contributed by atoms with E-state index in [9.17, 15) is 18.4 Å². The lowest BCUT2D eigenvalue weighted by Crippen LogP contribution is -2.34. The summed E-state index contributed by atoms with van der Waals surface area (Å²) in [5, 5.41) is 10.4. The number of thiazole rings is 2. The predicted molar refractivity (Wildman–Crippen MR) is 161 cm³/mol. The molecule has 3 heterocycles. The van der Waals surface area contributed by atoms with E-state index >= 15 is 0 Å². The monoisotopic (exact) mass is 613 g/mol. The summed E-state index contributed by atoms with van der Waals surface area (Å²) in [5.74, 6) is -1.74. The van der Waals surface area contributed by atoms with Crippen molar-refractivity contribution in [1.82, 2.24) is 20.2 Å². The van der Waals surface area contributed by atoms with Crippen LogP contribution in [0.15, 0.2) is 41.8 Å². The van der Waals surface area contributed by atoms with Crippen molar-refractivity contribution in [3.8, 4) is 26.9 Å². The third-order valence-corrected chi connectivity index (χ3v) is 8.90. The summed E-state index contributed by atoms with van der Waals surface area (Å²) in [5.41, 5.74) is 6.37. The van der Waals surface area contributed by atoms with Crippen molar-refractivity contribution in [2.24, 2.45) is 0 Å². The van der Waals surface area contributed by atoms with Crippen LogP contribution in [0, 0.1) is 11.6 Å². The van der Waals surface area contributed by atoms with E-state index in [1.54, 1.807) is 23.6 Å². The highest BCUT2D eigenvalue weighted by atomic mass is 32.1. The molecule has 14 heteroatoms. The smallest absolute Gasteiger partial charge is 0.321 e. The van der Waals surface area contributed by atoms with Crippen LogP contribution in [0.25, 0.3) is 21.1 Å². The molecule has 42 heavy (non-hydrogen) atoms. The highest BCUT2D eigenvalue weighted by Crippen LogP contribution is 2.39. The van der Waals surface area contributed by atoms with Gasteiger partial charge in [-0.3, -0.25) is 10.1 Å². The maximum Gasteiger partial charge on any atom is 0.321 e. The number of nitrogen functional groups attached to an aromatic ring is 1. The molecule has 1 aliphatic heterocycles. The van der Waals surface area contributed by atoms with Crippen molar-refractivity contribution in [3.63, 3.8) is 0 Å². The first-order chi connectivity index (χ1) is 20.2. The lowest BCUT2D eigenvalue weighted by atomic mass is 10.1. The zero-order valence-corrected chi connectivity index (χ0v) is 24.5. The van der Waals surface area contributed by atoms with Crippen LogP contribution in [-0.4, -0.2) is 60.1 Å². The standard InChI is InChI=1S/C28H29F2N7O3S2/c1-37-10-4-6-16(37)8-9-32-27(39)36-28-35-24(31)23(42-28)26-34-22(14-41-26)18-12-21(20(30)13-19(18)29)33-25(38)15-5-3-7-17(11-15)40-2/h3,5,7,11-14,16H,4,6,8-10,31H2,1-2H3,(H,33,38)(H2,32,35,36,39). The second kappa shape index (κ2) is 12.8. The maximum atomic E-state index is 14.8. The van der Waals surface area contributed by atoms with E-state index < -0.39 is 17.5 Å². The number of carbonyl (C=O) groups is 2. The van der Waals surface area contributed by atoms with E-state index in [1.807, 2.05) is 0 Å². The minimum absolute atomic E-state index is 0.00596. The summed E-state index contributed by atoms with van der Waals surface area (Å²) in [7, 11) is 3.56. The molecule has 1 atom stereocenters. The van der Waals surface area contributed by atoms with Crippen LogP contribution in [-0.2, 0) is 0 Å². The van der Waals surface area contributed by atoms with Gasteiger partial charge < -0.3 is 26.0 Å². The number of aromatic nitrogens is 2. The topological polar surface area (TPSA) is 134 Å². The molecule has 1 aliphatic rings. The van der Waals surface area contributed by atoms with Crippen molar-refractivity contribution in [3.05, 3.63) is 59.0 Å². The Balaban J connectivity index is 1.27. The molecule has 0 aliphatic carbocycles. The van der Waals surface area contributed by atoms with Crippen molar-refractivity contribution in [1.29, 1.82) is 0 Å². The van der Waals surface area contributed by atoms with Gasteiger partial charge in [0.15, 0.2) is 5.13 Å². The second-order valence-electron chi connectivity index (χ2n) is 9.72. The van der Waals surface area contributed by atoms with Gasteiger partial charge in [-0.05, 0) is 57.1 Å². The number of nitrogens with one attached hydrogen (secondary N) is 3. The summed E-state index contributed by atoms with van der Waals surface area (Å²) in [4.78, 5) is 36.6. The molecule has 1 unspecified atom stereocenters. The number of rotatable bonds is 9. The fourth-order valence-electron chi connectivity index (χ4n) is 4.68. The molecule has 0 bridgehead atoms. The summed E-state index contributed by atoms with van der Waals surface area (Å²) < 4.78 is 34.6. The fraction of sp³-hybridized carbons (Fsp3) is 0.286. The van der Waals surface area contributed by atoms with E-state index in [-0.39, 0.29) is 34.4 Å². The van der Waals surface area contributed by atoms with Gasteiger partial charge in [0.2, 0.25) is 0 Å². The van der Waals surface area contributed by atoms with Crippen LogP contribution in [0.5, 0.6) is 5.75 Å². The number of halogens is 2. The Labute approximate surface area is 248 Å². The number of nitrogens with zero attached hydrogens (tertiary/aromatic N) is 3. The van der Waals surface area contributed by atoms with Gasteiger partial charge >= 0.3 is 6.03 Å². The highest BCUT2D eigenvalue weighted by molar-refractivity contribution is 7.23. The Hall–Kier alpha value is -4.14. The lowest BCUT2D eigenvalue weighted by molar-refractivity contribution is 0.102. The first-order valence-electron chi connectivity index (χ1n) is 13.1. The van der Waals surface area contributed by atoms with Crippen LogP contribution >= 0.6 is 22.7 Å². The molecular formula is C28H29F2N7O3S2. The summed E-state index contributed by atoms with van der Waals surface area (Å²) in [6, 6.07) is 8.34. The maximum absolute atomic E-state index is 14.8. The van der Waals surface area contributed by atoms with Crippen molar-refractivity contribution in [2.75, 3.05) is 43.6 Å². The van der Waals surface area contributed by atoms with E-state index in [0.29, 0.717) is 39.4 Å². The third kappa shape index (κ3) is 6.66. The third-order valence-electron chi connectivity index (χ3n) is 6.92. The normalized spacial score (nSPS) is 15.0. The average molecular weight is 614 g/mol. The average Bonchev–Trinajstić information content (AvgIpc) is 3.70. The minimum Gasteiger partial charge on any atom is -0.497 e. The number of amides is 3. The zero-order valence-electron chi connectivity index (χ0n) is 22.9. The number of methoxy groups -OCH3 is 1.